The molecule has 0 unspecified atom stereocenters. The third kappa shape index (κ3) is 5.07. The molecule has 3 aromatic rings. The largest absolute Gasteiger partial charge is 0.478 e. The smallest absolute Gasteiger partial charge is 0.339 e. The van der Waals surface area contributed by atoms with Crippen LogP contribution in [0.1, 0.15) is 38.0 Å². The molecule has 7 nitrogen and oxygen atoms in total. The van der Waals surface area contributed by atoms with Crippen molar-refractivity contribution in [3.8, 4) is 11.5 Å². The number of carboxylic acids is 1. The summed E-state index contributed by atoms with van der Waals surface area (Å²) < 4.78 is 37.5. The molecule has 0 aliphatic carbocycles. The molecule has 0 radical (unpaired) electrons. The Labute approximate surface area is 181 Å². The van der Waals surface area contributed by atoms with Crippen LogP contribution in [-0.4, -0.2) is 29.6 Å². The molecule has 2 N–H and O–H groups in total. The predicted octanol–water partition coefficient (Wildman–Crippen LogP) is 4.88. The minimum atomic E-state index is -1.35. The molecule has 164 valence electrons. The molecular weight excluding hydrogens is 424 g/mol. The molecule has 0 spiro atoms. The van der Waals surface area contributed by atoms with E-state index in [-0.39, 0.29) is 40.5 Å². The Kier molecular flexibility index (Phi) is 6.79. The molecule has 0 saturated heterocycles. The summed E-state index contributed by atoms with van der Waals surface area (Å²) in [5, 5.41) is 11.9. The first-order valence-electron chi connectivity index (χ1n) is 9.38. The van der Waals surface area contributed by atoms with Crippen LogP contribution in [0, 0.1) is 11.6 Å². The fourth-order valence-corrected chi connectivity index (χ4v) is 2.80. The van der Waals surface area contributed by atoms with Gasteiger partial charge in [-0.15, -0.1) is 0 Å². The molecule has 0 heterocycles. The standard InChI is InChI=1S/C23H17F2NO6/c1-2-31-23(30)15-10-8-14(12-17(15)22(28)29)32-20-6-4-3-5-19(20)26-21(27)16-9-7-13(24)11-18(16)25/h3-12H,2H2,1H3,(H,26,27)(H,28,29). The Morgan fingerprint density at radius 3 is 2.34 bits per heavy atom. The normalized spacial score (nSPS) is 10.3. The van der Waals surface area contributed by atoms with Crippen molar-refractivity contribution in [2.45, 2.75) is 6.92 Å². The van der Waals surface area contributed by atoms with E-state index in [1.807, 2.05) is 0 Å². The lowest BCUT2D eigenvalue weighted by Crippen LogP contribution is -2.14. The van der Waals surface area contributed by atoms with E-state index >= 15 is 0 Å². The van der Waals surface area contributed by atoms with Crippen molar-refractivity contribution in [2.24, 2.45) is 0 Å². The number of amides is 1. The quantitative estimate of drug-likeness (QED) is 0.507. The first-order chi connectivity index (χ1) is 15.3. The zero-order valence-corrected chi connectivity index (χ0v) is 16.7. The number of hydrogen-bond acceptors (Lipinski definition) is 5. The minimum absolute atomic E-state index is 0.0742. The van der Waals surface area contributed by atoms with Crippen molar-refractivity contribution in [3.05, 3.63) is 89.0 Å². The second kappa shape index (κ2) is 9.69. The van der Waals surface area contributed by atoms with Gasteiger partial charge in [0.25, 0.3) is 5.91 Å². The second-order valence-electron chi connectivity index (χ2n) is 6.41. The average Bonchev–Trinajstić information content (AvgIpc) is 2.75. The molecule has 9 heteroatoms. The number of ether oxygens (including phenoxy) is 2. The van der Waals surface area contributed by atoms with Gasteiger partial charge >= 0.3 is 11.9 Å². The lowest BCUT2D eigenvalue weighted by molar-refractivity contribution is 0.0514. The number of hydrogen-bond donors (Lipinski definition) is 2. The van der Waals surface area contributed by atoms with Gasteiger partial charge in [0.15, 0.2) is 5.75 Å². The van der Waals surface area contributed by atoms with Crippen molar-refractivity contribution in [3.63, 3.8) is 0 Å². The Morgan fingerprint density at radius 1 is 0.938 bits per heavy atom. The first kappa shape index (κ1) is 22.4. The van der Waals surface area contributed by atoms with E-state index in [0.717, 1.165) is 18.2 Å². The summed E-state index contributed by atoms with van der Waals surface area (Å²) in [5.74, 6) is -4.61. The van der Waals surface area contributed by atoms with Crippen LogP contribution in [0.25, 0.3) is 0 Å². The number of carbonyl (C=O) groups is 3. The highest BCUT2D eigenvalue weighted by molar-refractivity contribution is 6.05. The minimum Gasteiger partial charge on any atom is -0.478 e. The van der Waals surface area contributed by atoms with Crippen LogP contribution in [0.5, 0.6) is 11.5 Å². The Bertz CT molecular complexity index is 1190. The van der Waals surface area contributed by atoms with Crippen LogP contribution in [0.4, 0.5) is 14.5 Å². The molecule has 1 amide bonds. The van der Waals surface area contributed by atoms with Crippen LogP contribution in [-0.2, 0) is 4.74 Å². The number of nitrogens with one attached hydrogen (secondary N) is 1. The summed E-state index contributed by atoms with van der Waals surface area (Å²) in [6.07, 6.45) is 0. The first-order valence-corrected chi connectivity index (χ1v) is 9.38. The van der Waals surface area contributed by atoms with Gasteiger partial charge in [0, 0.05) is 6.07 Å². The molecule has 3 aromatic carbocycles. The highest BCUT2D eigenvalue weighted by Crippen LogP contribution is 2.31. The summed E-state index contributed by atoms with van der Waals surface area (Å²) in [5.41, 5.74) is -0.670. The number of halogens is 2. The van der Waals surface area contributed by atoms with Gasteiger partial charge in [-0.2, -0.15) is 0 Å². The van der Waals surface area contributed by atoms with Crippen LogP contribution >= 0.6 is 0 Å². The topological polar surface area (TPSA) is 102 Å². The number of rotatable bonds is 7. The maximum Gasteiger partial charge on any atom is 0.339 e. The fourth-order valence-electron chi connectivity index (χ4n) is 2.80. The molecule has 0 bridgehead atoms. The van der Waals surface area contributed by atoms with Gasteiger partial charge in [-0.25, -0.2) is 18.4 Å². The molecule has 3 rings (SSSR count). The summed E-state index contributed by atoms with van der Waals surface area (Å²) in [4.78, 5) is 36.0. The maximum absolute atomic E-state index is 13.9. The van der Waals surface area contributed by atoms with Crippen LogP contribution in [0.15, 0.2) is 60.7 Å². The number of anilines is 1. The van der Waals surface area contributed by atoms with Gasteiger partial charge < -0.3 is 19.9 Å². The van der Waals surface area contributed by atoms with Gasteiger partial charge in [0.2, 0.25) is 0 Å². The molecule has 0 aliphatic rings. The Morgan fingerprint density at radius 2 is 1.66 bits per heavy atom. The SMILES string of the molecule is CCOC(=O)c1ccc(Oc2ccccc2NC(=O)c2ccc(F)cc2F)cc1C(=O)O. The zero-order valence-electron chi connectivity index (χ0n) is 16.7. The third-order valence-corrected chi connectivity index (χ3v) is 4.26. The molecular formula is C23H17F2NO6. The van der Waals surface area contributed by atoms with E-state index < -0.39 is 29.5 Å². The molecule has 0 fully saturated rings. The summed E-state index contributed by atoms with van der Waals surface area (Å²) in [6.45, 7) is 1.68. The van der Waals surface area contributed by atoms with E-state index in [2.05, 4.69) is 5.32 Å². The fraction of sp³-hybridized carbons (Fsp3) is 0.0870. The number of carboxylic acid groups (broad SMARTS) is 1. The monoisotopic (exact) mass is 441 g/mol. The predicted molar refractivity (Wildman–Crippen MR) is 110 cm³/mol. The number of carbonyl (C=O) groups excluding carboxylic acids is 2. The maximum atomic E-state index is 13.9. The summed E-state index contributed by atoms with van der Waals surface area (Å²) in [7, 11) is 0. The number of esters is 1. The Hall–Kier alpha value is -4.27. The second-order valence-corrected chi connectivity index (χ2v) is 6.41. The summed E-state index contributed by atoms with van der Waals surface area (Å²) in [6, 6.07) is 12.5. The van der Waals surface area contributed by atoms with Crippen molar-refractivity contribution in [1.82, 2.24) is 0 Å². The van der Waals surface area contributed by atoms with E-state index in [4.69, 9.17) is 9.47 Å². The van der Waals surface area contributed by atoms with Gasteiger partial charge in [-0.1, -0.05) is 12.1 Å². The Balaban J connectivity index is 1.88. The van der Waals surface area contributed by atoms with Gasteiger partial charge in [0.05, 0.1) is 29.0 Å². The van der Waals surface area contributed by atoms with Crippen LogP contribution in [0.2, 0.25) is 0 Å². The highest BCUT2D eigenvalue weighted by atomic mass is 19.1. The van der Waals surface area contributed by atoms with Crippen molar-refractivity contribution in [1.29, 1.82) is 0 Å². The summed E-state index contributed by atoms with van der Waals surface area (Å²) >= 11 is 0. The average molecular weight is 441 g/mol. The van der Waals surface area contributed by atoms with Crippen LogP contribution in [0.3, 0.4) is 0 Å². The van der Waals surface area contributed by atoms with Crippen molar-refractivity contribution in [2.75, 3.05) is 11.9 Å². The number of aromatic carboxylic acids is 1. The van der Waals surface area contributed by atoms with Crippen LogP contribution < -0.4 is 10.1 Å². The number of para-hydroxylation sites is 2. The van der Waals surface area contributed by atoms with E-state index in [9.17, 15) is 28.3 Å². The molecule has 0 aromatic heterocycles. The highest BCUT2D eigenvalue weighted by Gasteiger charge is 2.20. The van der Waals surface area contributed by atoms with Gasteiger partial charge in [0.1, 0.15) is 17.4 Å². The van der Waals surface area contributed by atoms with E-state index in [1.54, 1.807) is 19.1 Å². The van der Waals surface area contributed by atoms with Gasteiger partial charge in [-0.3, -0.25) is 4.79 Å². The number of benzene rings is 3. The zero-order chi connectivity index (χ0) is 23.3. The molecule has 0 atom stereocenters. The molecule has 0 aliphatic heterocycles. The van der Waals surface area contributed by atoms with Crippen molar-refractivity contribution >= 4 is 23.5 Å². The van der Waals surface area contributed by atoms with E-state index in [0.29, 0.717) is 6.07 Å². The lowest BCUT2D eigenvalue weighted by Gasteiger charge is -2.14. The van der Waals surface area contributed by atoms with Gasteiger partial charge in [-0.05, 0) is 49.4 Å². The molecule has 32 heavy (non-hydrogen) atoms. The van der Waals surface area contributed by atoms with Crippen molar-refractivity contribution < 1.29 is 37.7 Å². The van der Waals surface area contributed by atoms with E-state index in [1.165, 1.54) is 24.3 Å². The lowest BCUT2D eigenvalue weighted by atomic mass is 10.1. The molecule has 0 saturated carbocycles. The third-order valence-electron chi connectivity index (χ3n) is 4.26.